The smallest absolute Gasteiger partial charge is 0.243 e. The van der Waals surface area contributed by atoms with Gasteiger partial charge in [-0.2, -0.15) is 0 Å². The molecule has 2 aromatic rings. The standard InChI is InChI=1S/C17H18ClN3O/c18-16-9-8-14(11-19-16)20-17(22)12-21-10-4-3-6-13-5-1-2-7-15(13)21/h1-2,5,7-9,11H,3-4,6,10,12H2,(H,20,22). The molecule has 1 aliphatic rings. The van der Waals surface area contributed by atoms with Gasteiger partial charge in [0.2, 0.25) is 5.91 Å². The van der Waals surface area contributed by atoms with Crippen molar-refractivity contribution in [3.63, 3.8) is 0 Å². The monoisotopic (exact) mass is 315 g/mol. The second kappa shape index (κ2) is 6.79. The first-order valence-corrected chi connectivity index (χ1v) is 7.84. The van der Waals surface area contributed by atoms with Gasteiger partial charge in [-0.3, -0.25) is 4.79 Å². The maximum atomic E-state index is 12.3. The highest BCUT2D eigenvalue weighted by Gasteiger charge is 2.17. The molecule has 0 atom stereocenters. The van der Waals surface area contributed by atoms with Crippen LogP contribution in [-0.2, 0) is 11.2 Å². The van der Waals surface area contributed by atoms with E-state index < -0.39 is 0 Å². The van der Waals surface area contributed by atoms with Crippen molar-refractivity contribution in [3.8, 4) is 0 Å². The second-order valence-electron chi connectivity index (χ2n) is 5.43. The number of fused-ring (bicyclic) bond motifs is 1. The number of benzene rings is 1. The third-order valence-corrected chi connectivity index (χ3v) is 4.03. The van der Waals surface area contributed by atoms with Crippen molar-refractivity contribution in [3.05, 3.63) is 53.3 Å². The van der Waals surface area contributed by atoms with Gasteiger partial charge in [-0.25, -0.2) is 4.98 Å². The fourth-order valence-electron chi connectivity index (χ4n) is 2.76. The Morgan fingerprint density at radius 2 is 2.09 bits per heavy atom. The minimum absolute atomic E-state index is 0.0409. The largest absolute Gasteiger partial charge is 0.362 e. The lowest BCUT2D eigenvalue weighted by atomic mass is 10.1. The molecule has 5 heteroatoms. The van der Waals surface area contributed by atoms with Gasteiger partial charge < -0.3 is 10.2 Å². The first-order valence-electron chi connectivity index (χ1n) is 7.46. The van der Waals surface area contributed by atoms with E-state index in [-0.39, 0.29) is 5.91 Å². The van der Waals surface area contributed by atoms with E-state index >= 15 is 0 Å². The lowest BCUT2D eigenvalue weighted by molar-refractivity contribution is -0.115. The van der Waals surface area contributed by atoms with Gasteiger partial charge in [0, 0.05) is 12.2 Å². The van der Waals surface area contributed by atoms with Gasteiger partial charge in [-0.05, 0) is 43.0 Å². The van der Waals surface area contributed by atoms with E-state index in [1.165, 1.54) is 11.3 Å². The number of rotatable bonds is 3. The van der Waals surface area contributed by atoms with E-state index in [1.54, 1.807) is 18.3 Å². The number of para-hydroxylation sites is 1. The number of aryl methyl sites for hydroxylation is 1. The normalized spacial score (nSPS) is 14.1. The van der Waals surface area contributed by atoms with E-state index in [0.29, 0.717) is 17.4 Å². The number of amides is 1. The van der Waals surface area contributed by atoms with Crippen molar-refractivity contribution in [2.24, 2.45) is 0 Å². The highest BCUT2D eigenvalue weighted by atomic mass is 35.5. The Balaban J connectivity index is 1.69. The topological polar surface area (TPSA) is 45.2 Å². The zero-order valence-electron chi connectivity index (χ0n) is 12.3. The zero-order chi connectivity index (χ0) is 15.4. The molecule has 4 nitrogen and oxygen atoms in total. The summed E-state index contributed by atoms with van der Waals surface area (Å²) < 4.78 is 0. The molecule has 0 bridgehead atoms. The van der Waals surface area contributed by atoms with Crippen LogP contribution in [0.15, 0.2) is 42.6 Å². The summed E-state index contributed by atoms with van der Waals surface area (Å²) in [4.78, 5) is 18.4. The molecule has 1 N–H and O–H groups in total. The molecule has 0 unspecified atom stereocenters. The summed E-state index contributed by atoms with van der Waals surface area (Å²) in [5.41, 5.74) is 3.16. The Kier molecular flexibility index (Phi) is 4.59. The summed E-state index contributed by atoms with van der Waals surface area (Å²) >= 11 is 5.75. The van der Waals surface area contributed by atoms with Crippen LogP contribution in [0.2, 0.25) is 5.15 Å². The molecule has 114 valence electrons. The molecular weight excluding hydrogens is 298 g/mol. The van der Waals surface area contributed by atoms with Crippen molar-refractivity contribution in [1.29, 1.82) is 0 Å². The van der Waals surface area contributed by atoms with Crippen LogP contribution in [0.5, 0.6) is 0 Å². The number of hydrogen-bond acceptors (Lipinski definition) is 3. The van der Waals surface area contributed by atoms with Crippen molar-refractivity contribution in [1.82, 2.24) is 4.98 Å². The van der Waals surface area contributed by atoms with Crippen LogP contribution in [0.4, 0.5) is 11.4 Å². The average Bonchev–Trinajstić information content (AvgIpc) is 2.72. The molecule has 0 saturated heterocycles. The first-order chi connectivity index (χ1) is 10.7. The Labute approximate surface area is 135 Å². The predicted octanol–water partition coefficient (Wildman–Crippen LogP) is 3.52. The van der Waals surface area contributed by atoms with Crippen LogP contribution in [0.3, 0.4) is 0 Å². The molecular formula is C17H18ClN3O. The molecule has 3 rings (SSSR count). The minimum Gasteiger partial charge on any atom is -0.362 e. The van der Waals surface area contributed by atoms with Crippen LogP contribution >= 0.6 is 11.6 Å². The Morgan fingerprint density at radius 1 is 1.23 bits per heavy atom. The number of halogens is 1. The Bertz CT molecular complexity index is 657. The summed E-state index contributed by atoms with van der Waals surface area (Å²) in [6.07, 6.45) is 4.91. The van der Waals surface area contributed by atoms with E-state index in [2.05, 4.69) is 33.4 Å². The number of carbonyl (C=O) groups is 1. The van der Waals surface area contributed by atoms with Crippen LogP contribution in [-0.4, -0.2) is 24.0 Å². The highest BCUT2D eigenvalue weighted by molar-refractivity contribution is 6.29. The third kappa shape index (κ3) is 3.57. The van der Waals surface area contributed by atoms with Gasteiger partial charge in [0.15, 0.2) is 0 Å². The summed E-state index contributed by atoms with van der Waals surface area (Å²) in [6, 6.07) is 11.7. The molecule has 0 spiro atoms. The maximum Gasteiger partial charge on any atom is 0.243 e. The quantitative estimate of drug-likeness (QED) is 0.882. The number of pyridine rings is 1. The highest BCUT2D eigenvalue weighted by Crippen LogP contribution is 2.25. The SMILES string of the molecule is O=C(CN1CCCCc2ccccc21)Nc1ccc(Cl)nc1. The van der Waals surface area contributed by atoms with E-state index in [1.807, 2.05) is 6.07 Å². The van der Waals surface area contributed by atoms with Gasteiger partial charge in [-0.15, -0.1) is 0 Å². The lowest BCUT2D eigenvalue weighted by Gasteiger charge is -2.24. The fraction of sp³-hybridized carbons (Fsp3) is 0.294. The number of nitrogens with one attached hydrogen (secondary N) is 1. The molecule has 1 amide bonds. The number of nitrogens with zero attached hydrogens (tertiary/aromatic N) is 2. The van der Waals surface area contributed by atoms with E-state index in [4.69, 9.17) is 11.6 Å². The summed E-state index contributed by atoms with van der Waals surface area (Å²) in [6.45, 7) is 1.25. The molecule has 0 radical (unpaired) electrons. The third-order valence-electron chi connectivity index (χ3n) is 3.80. The summed E-state index contributed by atoms with van der Waals surface area (Å²) in [5.74, 6) is -0.0409. The van der Waals surface area contributed by atoms with Crippen LogP contribution in [0, 0.1) is 0 Å². The summed E-state index contributed by atoms with van der Waals surface area (Å²) in [5, 5.41) is 3.28. The van der Waals surface area contributed by atoms with Gasteiger partial charge in [-0.1, -0.05) is 29.8 Å². The van der Waals surface area contributed by atoms with Gasteiger partial charge in [0.1, 0.15) is 5.15 Å². The van der Waals surface area contributed by atoms with Crippen molar-refractivity contribution in [2.75, 3.05) is 23.3 Å². The molecule has 22 heavy (non-hydrogen) atoms. The van der Waals surface area contributed by atoms with E-state index in [9.17, 15) is 4.79 Å². The Morgan fingerprint density at radius 3 is 2.91 bits per heavy atom. The molecule has 1 aromatic carbocycles. The number of aromatic nitrogens is 1. The predicted molar refractivity (Wildman–Crippen MR) is 89.5 cm³/mol. The Hall–Kier alpha value is -2.07. The molecule has 1 aromatic heterocycles. The molecule has 0 saturated carbocycles. The molecule has 0 fully saturated rings. The minimum atomic E-state index is -0.0409. The maximum absolute atomic E-state index is 12.3. The average molecular weight is 316 g/mol. The van der Waals surface area contributed by atoms with Crippen LogP contribution in [0.25, 0.3) is 0 Å². The number of anilines is 2. The van der Waals surface area contributed by atoms with Crippen LogP contribution in [0.1, 0.15) is 18.4 Å². The van der Waals surface area contributed by atoms with Crippen molar-refractivity contribution in [2.45, 2.75) is 19.3 Å². The molecule has 1 aliphatic heterocycles. The number of carbonyl (C=O) groups excluding carboxylic acids is 1. The zero-order valence-corrected chi connectivity index (χ0v) is 13.0. The summed E-state index contributed by atoms with van der Waals surface area (Å²) in [7, 11) is 0. The number of hydrogen-bond donors (Lipinski definition) is 1. The van der Waals surface area contributed by atoms with Gasteiger partial charge in [0.05, 0.1) is 18.4 Å². The molecule has 2 heterocycles. The van der Waals surface area contributed by atoms with E-state index in [0.717, 1.165) is 25.8 Å². The lowest BCUT2D eigenvalue weighted by Crippen LogP contribution is -2.34. The first kappa shape index (κ1) is 14.9. The fourth-order valence-corrected chi connectivity index (χ4v) is 2.87. The van der Waals surface area contributed by atoms with Crippen molar-refractivity contribution < 1.29 is 4.79 Å². The second-order valence-corrected chi connectivity index (χ2v) is 5.81. The van der Waals surface area contributed by atoms with Gasteiger partial charge >= 0.3 is 0 Å². The molecule has 0 aliphatic carbocycles. The van der Waals surface area contributed by atoms with Gasteiger partial charge in [0.25, 0.3) is 0 Å². The van der Waals surface area contributed by atoms with Crippen molar-refractivity contribution >= 4 is 28.9 Å². The van der Waals surface area contributed by atoms with Crippen LogP contribution < -0.4 is 10.2 Å².